The number of rotatable bonds is 5. The Morgan fingerprint density at radius 2 is 1.40 bits per heavy atom. The van der Waals surface area contributed by atoms with Gasteiger partial charge in [0, 0.05) is 5.92 Å². The van der Waals surface area contributed by atoms with Crippen molar-refractivity contribution in [1.29, 1.82) is 0 Å². The lowest BCUT2D eigenvalue weighted by atomic mass is 9.40. The van der Waals surface area contributed by atoms with Gasteiger partial charge in [0.05, 0.1) is 11.1 Å². The minimum absolute atomic E-state index is 0.175. The van der Waals surface area contributed by atoms with E-state index in [0.29, 0.717) is 22.2 Å². The molecule has 0 N–H and O–H groups in total. The topological polar surface area (TPSA) is 52.6 Å². The van der Waals surface area contributed by atoms with Gasteiger partial charge in [-0.1, -0.05) is 43.3 Å². The maximum Gasteiger partial charge on any atom is 0.338 e. The van der Waals surface area contributed by atoms with Crippen LogP contribution in [0.1, 0.15) is 72.6 Å². The average Bonchev–Trinajstić information content (AvgIpc) is 3.24. The van der Waals surface area contributed by atoms with Gasteiger partial charge in [0.2, 0.25) is 0 Å². The summed E-state index contributed by atoms with van der Waals surface area (Å²) in [4.78, 5) is 26.5. The van der Waals surface area contributed by atoms with Crippen molar-refractivity contribution in [2.75, 3.05) is 6.66 Å². The molecule has 2 aromatic rings. The van der Waals surface area contributed by atoms with E-state index >= 15 is 0 Å². The highest BCUT2D eigenvalue weighted by atomic mass is 31.1. The summed E-state index contributed by atoms with van der Waals surface area (Å²) in [6.07, 6.45) is 7.32. The standard InChI is InChI=1S/C30H35O4P/c1-28-15-17-30(35-2,18-16-28)25-22-13-14-29(25,28)19-23(33-26(31)20-9-5-3-6-10-20)24(22)34-27(32)21-11-7-4-8-12-21/h3-12,22-25,35H,13-19H2,1-2H3. The molecule has 6 unspecified atom stereocenters. The van der Waals surface area contributed by atoms with Gasteiger partial charge in [-0.2, -0.15) is 0 Å². The predicted molar refractivity (Wildman–Crippen MR) is 138 cm³/mol. The summed E-state index contributed by atoms with van der Waals surface area (Å²) in [5.41, 5.74) is 1.56. The number of carbonyl (C=O) groups excluding carboxylic acids is 2. The van der Waals surface area contributed by atoms with Crippen LogP contribution in [0.15, 0.2) is 60.7 Å². The van der Waals surface area contributed by atoms with Crippen LogP contribution in [0.5, 0.6) is 0 Å². The van der Waals surface area contributed by atoms with E-state index in [2.05, 4.69) is 13.6 Å². The third-order valence-corrected chi connectivity index (χ3v) is 12.2. The zero-order chi connectivity index (χ0) is 24.3. The average molecular weight is 491 g/mol. The van der Waals surface area contributed by atoms with Crippen molar-refractivity contribution in [3.05, 3.63) is 71.8 Å². The number of esters is 2. The molecule has 0 aromatic heterocycles. The van der Waals surface area contributed by atoms with Gasteiger partial charge in [-0.05, 0) is 97.8 Å². The molecule has 5 aliphatic rings. The maximum absolute atomic E-state index is 13.3. The Balaban J connectivity index is 1.37. The normalized spacial score (nSPS) is 39.4. The van der Waals surface area contributed by atoms with Crippen molar-refractivity contribution in [3.63, 3.8) is 0 Å². The first-order valence-corrected chi connectivity index (χ1v) is 14.6. The molecule has 35 heavy (non-hydrogen) atoms. The smallest absolute Gasteiger partial charge is 0.338 e. The lowest BCUT2D eigenvalue weighted by molar-refractivity contribution is -0.191. The lowest BCUT2D eigenvalue weighted by Crippen LogP contribution is -2.67. The SMILES string of the molecule is CPC12CCC(C)(CC1)C13CCC(C(OC(=O)c4ccccc4)C(OC(=O)c4ccccc4)C1)C23. The molecule has 0 spiro atoms. The summed E-state index contributed by atoms with van der Waals surface area (Å²) >= 11 is 0. The molecule has 0 radical (unpaired) electrons. The van der Waals surface area contributed by atoms with Gasteiger partial charge < -0.3 is 9.47 Å². The fraction of sp³-hybridized carbons (Fsp3) is 0.533. The minimum atomic E-state index is -0.410. The van der Waals surface area contributed by atoms with E-state index in [4.69, 9.17) is 9.47 Å². The van der Waals surface area contributed by atoms with Gasteiger partial charge in [0.25, 0.3) is 0 Å². The van der Waals surface area contributed by atoms with Crippen LogP contribution in [0.3, 0.4) is 0 Å². The molecule has 6 atom stereocenters. The Bertz CT molecular complexity index is 1110. The third kappa shape index (κ3) is 3.43. The van der Waals surface area contributed by atoms with E-state index in [-0.39, 0.29) is 28.7 Å². The van der Waals surface area contributed by atoms with Gasteiger partial charge in [0.1, 0.15) is 12.2 Å². The van der Waals surface area contributed by atoms with Crippen molar-refractivity contribution in [2.45, 2.75) is 69.2 Å². The largest absolute Gasteiger partial charge is 0.455 e. The quantitative estimate of drug-likeness (QED) is 0.355. The highest BCUT2D eigenvalue weighted by Crippen LogP contribution is 2.78. The molecule has 5 aliphatic carbocycles. The summed E-state index contributed by atoms with van der Waals surface area (Å²) in [6.45, 7) is 4.88. The van der Waals surface area contributed by atoms with E-state index in [1.54, 1.807) is 24.3 Å². The van der Waals surface area contributed by atoms with Crippen molar-refractivity contribution in [3.8, 4) is 0 Å². The van der Waals surface area contributed by atoms with E-state index in [1.807, 2.05) is 36.4 Å². The molecule has 4 bridgehead atoms. The molecule has 4 nitrogen and oxygen atoms in total. The Morgan fingerprint density at radius 3 is 1.97 bits per heavy atom. The zero-order valence-corrected chi connectivity index (χ0v) is 21.7. The predicted octanol–water partition coefficient (Wildman–Crippen LogP) is 6.49. The Labute approximate surface area is 209 Å². The van der Waals surface area contributed by atoms with Gasteiger partial charge in [-0.15, -0.1) is 8.58 Å². The summed E-state index contributed by atoms with van der Waals surface area (Å²) < 4.78 is 12.6. The maximum atomic E-state index is 13.3. The number of ether oxygens (including phenoxy) is 2. The number of fused-ring (bicyclic) bond motifs is 2. The Kier molecular flexibility index (Phi) is 5.60. The molecule has 2 aromatic carbocycles. The second kappa shape index (κ2) is 8.44. The van der Waals surface area contributed by atoms with E-state index in [0.717, 1.165) is 27.8 Å². The second-order valence-electron chi connectivity index (χ2n) is 11.6. The van der Waals surface area contributed by atoms with Gasteiger partial charge >= 0.3 is 11.9 Å². The van der Waals surface area contributed by atoms with Crippen LogP contribution in [-0.4, -0.2) is 36.0 Å². The molecule has 5 fully saturated rings. The van der Waals surface area contributed by atoms with Crippen molar-refractivity contribution >= 4 is 20.5 Å². The molecule has 7 rings (SSSR count). The molecular formula is C30H35O4P. The molecule has 0 amide bonds. The first-order valence-electron chi connectivity index (χ1n) is 13.1. The number of hydrogen-bond donors (Lipinski definition) is 0. The first-order chi connectivity index (χ1) is 16.9. The summed E-state index contributed by atoms with van der Waals surface area (Å²) in [5.74, 6) is 0.170. The molecule has 5 heteroatoms. The first kappa shape index (κ1) is 23.2. The highest BCUT2D eigenvalue weighted by molar-refractivity contribution is 7.39. The van der Waals surface area contributed by atoms with Crippen LogP contribution in [0.4, 0.5) is 0 Å². The van der Waals surface area contributed by atoms with Crippen molar-refractivity contribution in [2.24, 2.45) is 22.7 Å². The summed E-state index contributed by atoms with van der Waals surface area (Å²) in [6, 6.07) is 18.4. The molecule has 0 heterocycles. The molecule has 0 aliphatic heterocycles. The summed E-state index contributed by atoms with van der Waals surface area (Å²) in [7, 11) is 0.894. The van der Waals surface area contributed by atoms with Crippen LogP contribution >= 0.6 is 8.58 Å². The van der Waals surface area contributed by atoms with Gasteiger partial charge in [-0.3, -0.25) is 0 Å². The Hall–Kier alpha value is -2.19. The van der Waals surface area contributed by atoms with Crippen molar-refractivity contribution in [1.82, 2.24) is 0 Å². The molecular weight excluding hydrogens is 455 g/mol. The third-order valence-electron chi connectivity index (χ3n) is 10.4. The second-order valence-corrected chi connectivity index (χ2v) is 13.0. The van der Waals surface area contributed by atoms with Crippen LogP contribution < -0.4 is 0 Å². The molecule has 184 valence electrons. The number of carbonyl (C=O) groups is 2. The number of hydrogen-bond acceptors (Lipinski definition) is 4. The summed E-state index contributed by atoms with van der Waals surface area (Å²) in [5, 5.41) is 0.352. The van der Waals surface area contributed by atoms with E-state index in [1.165, 1.54) is 25.7 Å². The molecule has 0 saturated heterocycles. The monoisotopic (exact) mass is 490 g/mol. The van der Waals surface area contributed by atoms with Crippen LogP contribution in [0, 0.1) is 22.7 Å². The fourth-order valence-corrected chi connectivity index (χ4v) is 10.2. The highest BCUT2D eigenvalue weighted by Gasteiger charge is 2.74. The van der Waals surface area contributed by atoms with E-state index in [9.17, 15) is 9.59 Å². The van der Waals surface area contributed by atoms with Crippen LogP contribution in [0.2, 0.25) is 0 Å². The Morgan fingerprint density at radius 1 is 0.829 bits per heavy atom. The fourth-order valence-electron chi connectivity index (χ4n) is 8.63. The van der Waals surface area contributed by atoms with Gasteiger partial charge in [-0.25, -0.2) is 9.59 Å². The minimum Gasteiger partial charge on any atom is -0.455 e. The van der Waals surface area contributed by atoms with Crippen LogP contribution in [-0.2, 0) is 9.47 Å². The van der Waals surface area contributed by atoms with Crippen LogP contribution in [0.25, 0.3) is 0 Å². The lowest BCUT2D eigenvalue weighted by Gasteiger charge is -2.69. The zero-order valence-electron chi connectivity index (χ0n) is 20.7. The van der Waals surface area contributed by atoms with Gasteiger partial charge in [0.15, 0.2) is 0 Å². The molecule has 5 saturated carbocycles. The van der Waals surface area contributed by atoms with Crippen molar-refractivity contribution < 1.29 is 19.1 Å². The van der Waals surface area contributed by atoms with E-state index < -0.39 is 12.2 Å². The number of benzene rings is 2.